The van der Waals surface area contributed by atoms with Crippen LogP contribution in [0.15, 0.2) is 24.3 Å². The topological polar surface area (TPSA) is 29.9 Å². The van der Waals surface area contributed by atoms with E-state index in [9.17, 15) is 4.39 Å². The molecule has 1 aromatic carbocycles. The number of hydrogen-bond acceptors (Lipinski definition) is 2. The molecule has 0 radical (unpaired) electrons. The van der Waals surface area contributed by atoms with E-state index in [1.54, 1.807) is 16.8 Å². The Kier molecular flexibility index (Phi) is 4.78. The molecule has 0 aliphatic rings. The van der Waals surface area contributed by atoms with Crippen LogP contribution in [-0.2, 0) is 6.54 Å². The van der Waals surface area contributed by atoms with Crippen LogP contribution < -0.4 is 5.32 Å². The fraction of sp³-hybridized carbons (Fsp3) is 0.400. The summed E-state index contributed by atoms with van der Waals surface area (Å²) in [7, 11) is 0. The lowest BCUT2D eigenvalue weighted by atomic mass is 10.2. The van der Waals surface area contributed by atoms with E-state index in [2.05, 4.69) is 24.3 Å². The lowest BCUT2D eigenvalue weighted by molar-refractivity contribution is 0.551. The molecule has 3 nitrogen and oxygen atoms in total. The highest BCUT2D eigenvalue weighted by Crippen LogP contribution is 2.23. The lowest BCUT2D eigenvalue weighted by Gasteiger charge is -2.07. The van der Waals surface area contributed by atoms with Gasteiger partial charge in [-0.15, -0.1) is 0 Å². The van der Waals surface area contributed by atoms with E-state index in [1.165, 1.54) is 12.1 Å². The highest BCUT2D eigenvalue weighted by Gasteiger charge is 2.14. The van der Waals surface area contributed by atoms with Crippen molar-refractivity contribution >= 4 is 11.6 Å². The summed E-state index contributed by atoms with van der Waals surface area (Å²) in [5, 5.41) is 8.36. The van der Waals surface area contributed by atoms with E-state index >= 15 is 0 Å². The predicted molar refractivity (Wildman–Crippen MR) is 79.8 cm³/mol. The van der Waals surface area contributed by atoms with E-state index in [1.807, 2.05) is 6.92 Å². The maximum Gasteiger partial charge on any atom is 0.137 e. The van der Waals surface area contributed by atoms with Crippen LogP contribution in [0.5, 0.6) is 0 Å². The Bertz CT molecular complexity index is 576. The first-order valence-corrected chi connectivity index (χ1v) is 7.07. The second-order valence-electron chi connectivity index (χ2n) is 5.27. The van der Waals surface area contributed by atoms with Crippen molar-refractivity contribution in [2.75, 3.05) is 6.54 Å². The quantitative estimate of drug-likeness (QED) is 0.911. The molecule has 0 aliphatic heterocycles. The van der Waals surface area contributed by atoms with Gasteiger partial charge in [0.25, 0.3) is 0 Å². The largest absolute Gasteiger partial charge is 0.312 e. The van der Waals surface area contributed by atoms with Crippen molar-refractivity contribution in [2.24, 2.45) is 5.92 Å². The molecule has 0 atom stereocenters. The van der Waals surface area contributed by atoms with Crippen molar-refractivity contribution in [1.29, 1.82) is 0 Å². The summed E-state index contributed by atoms with van der Waals surface area (Å²) in [5.74, 6) is 0.314. The molecule has 0 unspecified atom stereocenters. The fourth-order valence-corrected chi connectivity index (χ4v) is 2.31. The van der Waals surface area contributed by atoms with Gasteiger partial charge in [0.1, 0.15) is 11.0 Å². The van der Waals surface area contributed by atoms with E-state index in [0.717, 1.165) is 23.5 Å². The summed E-state index contributed by atoms with van der Waals surface area (Å²) in [6.45, 7) is 7.85. The van der Waals surface area contributed by atoms with Crippen LogP contribution in [0, 0.1) is 18.7 Å². The molecule has 0 saturated carbocycles. The molecule has 1 heterocycles. The van der Waals surface area contributed by atoms with Crippen LogP contribution in [-0.4, -0.2) is 16.3 Å². The summed E-state index contributed by atoms with van der Waals surface area (Å²) in [6, 6.07) is 6.14. The molecule has 108 valence electrons. The third kappa shape index (κ3) is 3.38. The predicted octanol–water partition coefficient (Wildman–Crippen LogP) is 3.72. The zero-order valence-corrected chi connectivity index (χ0v) is 12.7. The standard InChI is InChI=1S/C15H19ClFN3/c1-10(2)8-18-9-14-11(3)19-20(15(14)16)13-6-4-12(17)5-7-13/h4-7,10,18H,8-9H2,1-3H3. The third-order valence-electron chi connectivity index (χ3n) is 3.05. The summed E-state index contributed by atoms with van der Waals surface area (Å²) in [4.78, 5) is 0. The summed E-state index contributed by atoms with van der Waals surface area (Å²) in [5.41, 5.74) is 2.63. The number of benzene rings is 1. The molecule has 0 fully saturated rings. The second kappa shape index (κ2) is 6.37. The van der Waals surface area contributed by atoms with Gasteiger partial charge in [0.2, 0.25) is 0 Å². The third-order valence-corrected chi connectivity index (χ3v) is 3.44. The molecule has 0 bridgehead atoms. The van der Waals surface area contributed by atoms with Crippen molar-refractivity contribution in [3.05, 3.63) is 46.5 Å². The number of rotatable bonds is 5. The smallest absolute Gasteiger partial charge is 0.137 e. The minimum Gasteiger partial charge on any atom is -0.312 e. The molecule has 20 heavy (non-hydrogen) atoms. The van der Waals surface area contributed by atoms with Gasteiger partial charge in [0, 0.05) is 12.1 Å². The Hall–Kier alpha value is -1.39. The van der Waals surface area contributed by atoms with Crippen molar-refractivity contribution in [3.8, 4) is 5.69 Å². The van der Waals surface area contributed by atoms with Crippen molar-refractivity contribution < 1.29 is 4.39 Å². The van der Waals surface area contributed by atoms with Crippen LogP contribution in [0.3, 0.4) is 0 Å². The summed E-state index contributed by atoms with van der Waals surface area (Å²) in [6.07, 6.45) is 0. The summed E-state index contributed by atoms with van der Waals surface area (Å²) >= 11 is 6.39. The fourth-order valence-electron chi connectivity index (χ4n) is 1.97. The SMILES string of the molecule is Cc1nn(-c2ccc(F)cc2)c(Cl)c1CNCC(C)C. The normalized spacial score (nSPS) is 11.3. The molecule has 2 aromatic rings. The number of aromatic nitrogens is 2. The van der Waals surface area contributed by atoms with E-state index in [4.69, 9.17) is 11.6 Å². The van der Waals surface area contributed by atoms with E-state index in [-0.39, 0.29) is 5.82 Å². The minimum atomic E-state index is -0.271. The van der Waals surface area contributed by atoms with Gasteiger partial charge in [-0.3, -0.25) is 0 Å². The molecule has 0 saturated heterocycles. The molecular formula is C15H19ClFN3. The van der Waals surface area contributed by atoms with Crippen LogP contribution in [0.2, 0.25) is 5.15 Å². The zero-order chi connectivity index (χ0) is 14.7. The van der Waals surface area contributed by atoms with Gasteiger partial charge in [-0.2, -0.15) is 5.10 Å². The van der Waals surface area contributed by atoms with Gasteiger partial charge >= 0.3 is 0 Å². The summed E-state index contributed by atoms with van der Waals surface area (Å²) < 4.78 is 14.6. The van der Waals surface area contributed by atoms with Crippen LogP contribution >= 0.6 is 11.6 Å². The minimum absolute atomic E-state index is 0.271. The van der Waals surface area contributed by atoms with Crippen LogP contribution in [0.4, 0.5) is 4.39 Å². The number of halogens is 2. The monoisotopic (exact) mass is 295 g/mol. The molecule has 0 spiro atoms. The van der Waals surface area contributed by atoms with Gasteiger partial charge in [-0.05, 0) is 43.7 Å². The van der Waals surface area contributed by atoms with Crippen LogP contribution in [0.1, 0.15) is 25.1 Å². The Balaban J connectivity index is 2.22. The van der Waals surface area contributed by atoms with Crippen LogP contribution in [0.25, 0.3) is 5.69 Å². The average molecular weight is 296 g/mol. The van der Waals surface area contributed by atoms with Gasteiger partial charge in [-0.25, -0.2) is 9.07 Å². The van der Waals surface area contributed by atoms with Gasteiger partial charge in [-0.1, -0.05) is 25.4 Å². The first kappa shape index (κ1) is 15.0. The zero-order valence-electron chi connectivity index (χ0n) is 12.0. The first-order valence-electron chi connectivity index (χ1n) is 6.69. The van der Waals surface area contributed by atoms with Gasteiger partial charge in [0.05, 0.1) is 11.4 Å². The Morgan fingerprint density at radius 2 is 1.95 bits per heavy atom. The van der Waals surface area contributed by atoms with Gasteiger partial charge in [0.15, 0.2) is 0 Å². The molecule has 2 rings (SSSR count). The maximum atomic E-state index is 13.0. The van der Waals surface area contributed by atoms with Gasteiger partial charge < -0.3 is 5.32 Å². The maximum absolute atomic E-state index is 13.0. The number of hydrogen-bond donors (Lipinski definition) is 1. The lowest BCUT2D eigenvalue weighted by Crippen LogP contribution is -2.19. The number of nitrogens with one attached hydrogen (secondary N) is 1. The molecular weight excluding hydrogens is 277 g/mol. The Labute approximate surface area is 123 Å². The molecule has 5 heteroatoms. The molecule has 0 aliphatic carbocycles. The van der Waals surface area contributed by atoms with E-state index in [0.29, 0.717) is 17.6 Å². The van der Waals surface area contributed by atoms with Crippen molar-refractivity contribution in [1.82, 2.24) is 15.1 Å². The Morgan fingerprint density at radius 3 is 2.55 bits per heavy atom. The molecule has 1 aromatic heterocycles. The number of aryl methyl sites for hydroxylation is 1. The first-order chi connectivity index (χ1) is 9.49. The highest BCUT2D eigenvalue weighted by molar-refractivity contribution is 6.30. The highest BCUT2D eigenvalue weighted by atomic mass is 35.5. The second-order valence-corrected chi connectivity index (χ2v) is 5.63. The average Bonchev–Trinajstić information content (AvgIpc) is 2.67. The molecule has 0 amide bonds. The Morgan fingerprint density at radius 1 is 1.30 bits per heavy atom. The van der Waals surface area contributed by atoms with Crippen molar-refractivity contribution in [2.45, 2.75) is 27.3 Å². The molecule has 1 N–H and O–H groups in total. The number of nitrogens with zero attached hydrogens (tertiary/aromatic N) is 2. The van der Waals surface area contributed by atoms with E-state index < -0.39 is 0 Å². The van der Waals surface area contributed by atoms with Crippen molar-refractivity contribution in [3.63, 3.8) is 0 Å².